The van der Waals surface area contributed by atoms with E-state index in [-0.39, 0.29) is 11.8 Å². The SMILES string of the molecule is Cc1ccc(CCN2C(=O)C=CC2=O)c(C)c1. The van der Waals surface area contributed by atoms with E-state index in [1.165, 1.54) is 33.7 Å². The molecule has 2 amide bonds. The molecule has 0 aromatic heterocycles. The number of hydrogen-bond acceptors (Lipinski definition) is 2. The minimum atomic E-state index is -0.209. The molecule has 0 spiro atoms. The Morgan fingerprint density at radius 1 is 1.06 bits per heavy atom. The van der Waals surface area contributed by atoms with Crippen LogP contribution in [0.2, 0.25) is 0 Å². The van der Waals surface area contributed by atoms with Gasteiger partial charge in [0.25, 0.3) is 11.8 Å². The Bertz CT molecular complexity index is 485. The van der Waals surface area contributed by atoms with Crippen molar-refractivity contribution >= 4 is 11.8 Å². The molecule has 2 rings (SSSR count). The summed E-state index contributed by atoms with van der Waals surface area (Å²) in [7, 11) is 0. The molecule has 0 bridgehead atoms. The molecule has 0 atom stereocenters. The van der Waals surface area contributed by atoms with Gasteiger partial charge >= 0.3 is 0 Å². The highest BCUT2D eigenvalue weighted by Gasteiger charge is 2.22. The first kappa shape index (κ1) is 11.6. The summed E-state index contributed by atoms with van der Waals surface area (Å²) in [4.78, 5) is 24.0. The molecule has 1 aliphatic heterocycles. The molecule has 17 heavy (non-hydrogen) atoms. The molecule has 0 unspecified atom stereocenters. The van der Waals surface area contributed by atoms with Gasteiger partial charge in [-0.05, 0) is 31.4 Å². The second kappa shape index (κ2) is 4.53. The molecule has 1 heterocycles. The van der Waals surface area contributed by atoms with Crippen LogP contribution < -0.4 is 0 Å². The molecule has 3 nitrogen and oxygen atoms in total. The highest BCUT2D eigenvalue weighted by Crippen LogP contribution is 2.13. The van der Waals surface area contributed by atoms with Gasteiger partial charge in [-0.15, -0.1) is 0 Å². The van der Waals surface area contributed by atoms with E-state index in [2.05, 4.69) is 12.1 Å². The van der Waals surface area contributed by atoms with Gasteiger partial charge in [0.05, 0.1) is 0 Å². The maximum atomic E-state index is 11.4. The lowest BCUT2D eigenvalue weighted by atomic mass is 10.0. The van der Waals surface area contributed by atoms with Crippen molar-refractivity contribution in [1.82, 2.24) is 4.90 Å². The van der Waals surface area contributed by atoms with Crippen molar-refractivity contribution in [2.24, 2.45) is 0 Å². The number of carbonyl (C=O) groups excluding carboxylic acids is 2. The predicted molar refractivity (Wildman–Crippen MR) is 65.5 cm³/mol. The van der Waals surface area contributed by atoms with Crippen molar-refractivity contribution in [3.05, 3.63) is 47.0 Å². The number of aryl methyl sites for hydroxylation is 2. The van der Waals surface area contributed by atoms with Crippen molar-refractivity contribution in [2.75, 3.05) is 6.54 Å². The molecule has 0 fully saturated rings. The summed E-state index contributed by atoms with van der Waals surface area (Å²) in [6.45, 7) is 4.55. The molecule has 0 N–H and O–H groups in total. The Morgan fingerprint density at radius 2 is 1.71 bits per heavy atom. The third-order valence-corrected chi connectivity index (χ3v) is 3.00. The maximum Gasteiger partial charge on any atom is 0.253 e. The standard InChI is InChI=1S/C14H15NO2/c1-10-3-4-12(11(2)9-10)7-8-15-13(16)5-6-14(15)17/h3-6,9H,7-8H2,1-2H3. The van der Waals surface area contributed by atoms with Crippen molar-refractivity contribution in [3.8, 4) is 0 Å². The average Bonchev–Trinajstić information content (AvgIpc) is 2.58. The zero-order valence-corrected chi connectivity index (χ0v) is 10.1. The van der Waals surface area contributed by atoms with Crippen LogP contribution in [0, 0.1) is 13.8 Å². The van der Waals surface area contributed by atoms with E-state index in [0.29, 0.717) is 13.0 Å². The summed E-state index contributed by atoms with van der Waals surface area (Å²) in [5.41, 5.74) is 3.61. The van der Waals surface area contributed by atoms with Gasteiger partial charge < -0.3 is 0 Å². The molecule has 88 valence electrons. The fourth-order valence-corrected chi connectivity index (χ4v) is 2.01. The quantitative estimate of drug-likeness (QED) is 0.741. The molecule has 0 saturated heterocycles. The van der Waals surface area contributed by atoms with E-state index in [1.807, 2.05) is 19.9 Å². The van der Waals surface area contributed by atoms with Crippen LogP contribution in [0.25, 0.3) is 0 Å². The molecule has 1 aromatic carbocycles. The third-order valence-electron chi connectivity index (χ3n) is 3.00. The average molecular weight is 229 g/mol. The fraction of sp³-hybridized carbons (Fsp3) is 0.286. The Morgan fingerprint density at radius 3 is 2.29 bits per heavy atom. The number of benzene rings is 1. The Kier molecular flexibility index (Phi) is 3.09. The Hall–Kier alpha value is -1.90. The van der Waals surface area contributed by atoms with Crippen LogP contribution in [0.5, 0.6) is 0 Å². The summed E-state index contributed by atoms with van der Waals surface area (Å²) < 4.78 is 0. The summed E-state index contributed by atoms with van der Waals surface area (Å²) >= 11 is 0. The zero-order valence-electron chi connectivity index (χ0n) is 10.1. The van der Waals surface area contributed by atoms with Crippen LogP contribution in [-0.2, 0) is 16.0 Å². The molecule has 1 aliphatic rings. The minimum Gasteiger partial charge on any atom is -0.275 e. The van der Waals surface area contributed by atoms with Gasteiger partial charge in [-0.3, -0.25) is 14.5 Å². The van der Waals surface area contributed by atoms with Gasteiger partial charge in [-0.2, -0.15) is 0 Å². The minimum absolute atomic E-state index is 0.209. The van der Waals surface area contributed by atoms with E-state index in [4.69, 9.17) is 0 Å². The largest absolute Gasteiger partial charge is 0.275 e. The van der Waals surface area contributed by atoms with E-state index < -0.39 is 0 Å². The van der Waals surface area contributed by atoms with Crippen molar-refractivity contribution < 1.29 is 9.59 Å². The molecule has 0 saturated carbocycles. The van der Waals surface area contributed by atoms with E-state index in [9.17, 15) is 9.59 Å². The van der Waals surface area contributed by atoms with Gasteiger partial charge in [-0.1, -0.05) is 23.8 Å². The number of amides is 2. The Balaban J connectivity index is 2.03. The molecule has 0 radical (unpaired) electrons. The number of hydrogen-bond donors (Lipinski definition) is 0. The first-order valence-electron chi connectivity index (χ1n) is 5.67. The smallest absolute Gasteiger partial charge is 0.253 e. The highest BCUT2D eigenvalue weighted by atomic mass is 16.2. The second-order valence-electron chi connectivity index (χ2n) is 4.34. The zero-order chi connectivity index (χ0) is 12.4. The topological polar surface area (TPSA) is 37.4 Å². The molecular formula is C14H15NO2. The number of carbonyl (C=O) groups is 2. The van der Waals surface area contributed by atoms with Crippen LogP contribution in [0.1, 0.15) is 16.7 Å². The summed E-state index contributed by atoms with van der Waals surface area (Å²) in [6.07, 6.45) is 3.36. The highest BCUT2D eigenvalue weighted by molar-refractivity contribution is 6.12. The van der Waals surface area contributed by atoms with Crippen LogP contribution in [0.15, 0.2) is 30.4 Å². The molecular weight excluding hydrogens is 214 g/mol. The van der Waals surface area contributed by atoms with E-state index in [0.717, 1.165) is 0 Å². The lowest BCUT2D eigenvalue weighted by Gasteiger charge is -2.14. The van der Waals surface area contributed by atoms with E-state index >= 15 is 0 Å². The molecule has 1 aromatic rings. The van der Waals surface area contributed by atoms with Crippen molar-refractivity contribution in [2.45, 2.75) is 20.3 Å². The molecule has 3 heteroatoms. The van der Waals surface area contributed by atoms with Crippen LogP contribution in [-0.4, -0.2) is 23.3 Å². The van der Waals surface area contributed by atoms with Gasteiger partial charge in [0.15, 0.2) is 0 Å². The first-order chi connectivity index (χ1) is 8.08. The summed E-state index contributed by atoms with van der Waals surface area (Å²) in [6, 6.07) is 6.22. The van der Waals surface area contributed by atoms with Crippen LogP contribution >= 0.6 is 0 Å². The van der Waals surface area contributed by atoms with Gasteiger partial charge in [0, 0.05) is 18.7 Å². The first-order valence-corrected chi connectivity index (χ1v) is 5.67. The number of imide groups is 1. The van der Waals surface area contributed by atoms with Crippen LogP contribution in [0.4, 0.5) is 0 Å². The summed E-state index contributed by atoms with van der Waals surface area (Å²) in [5, 5.41) is 0. The third kappa shape index (κ3) is 2.44. The number of rotatable bonds is 3. The fourth-order valence-electron chi connectivity index (χ4n) is 2.01. The van der Waals surface area contributed by atoms with E-state index in [1.54, 1.807) is 0 Å². The van der Waals surface area contributed by atoms with Crippen molar-refractivity contribution in [1.29, 1.82) is 0 Å². The number of nitrogens with zero attached hydrogens (tertiary/aromatic N) is 1. The lowest BCUT2D eigenvalue weighted by molar-refractivity contribution is -0.136. The summed E-state index contributed by atoms with van der Waals surface area (Å²) in [5.74, 6) is -0.417. The Labute approximate surface area is 101 Å². The van der Waals surface area contributed by atoms with Crippen molar-refractivity contribution in [3.63, 3.8) is 0 Å². The monoisotopic (exact) mass is 229 g/mol. The van der Waals surface area contributed by atoms with Gasteiger partial charge in [0.2, 0.25) is 0 Å². The van der Waals surface area contributed by atoms with Gasteiger partial charge in [-0.25, -0.2) is 0 Å². The maximum absolute atomic E-state index is 11.4. The lowest BCUT2D eigenvalue weighted by Crippen LogP contribution is -2.32. The second-order valence-corrected chi connectivity index (χ2v) is 4.34. The normalized spacial score (nSPS) is 14.8. The predicted octanol–water partition coefficient (Wildman–Crippen LogP) is 1.77. The van der Waals surface area contributed by atoms with Crippen LogP contribution in [0.3, 0.4) is 0 Å². The van der Waals surface area contributed by atoms with Gasteiger partial charge in [0.1, 0.15) is 0 Å². The molecule has 0 aliphatic carbocycles.